The average molecular weight is 242 g/mol. The van der Waals surface area contributed by atoms with Crippen molar-refractivity contribution in [3.8, 4) is 11.3 Å². The molecule has 4 nitrogen and oxygen atoms in total. The van der Waals surface area contributed by atoms with E-state index < -0.39 is 5.97 Å². The molecule has 4 heteroatoms. The molecule has 0 radical (unpaired) electrons. The Morgan fingerprint density at radius 2 is 2.11 bits per heavy atom. The van der Waals surface area contributed by atoms with E-state index in [-0.39, 0.29) is 5.69 Å². The summed E-state index contributed by atoms with van der Waals surface area (Å²) in [5, 5.41) is 15.6. The van der Waals surface area contributed by atoms with E-state index in [2.05, 4.69) is 16.3 Å². The zero-order valence-electron chi connectivity index (χ0n) is 9.94. The summed E-state index contributed by atoms with van der Waals surface area (Å²) in [6.45, 7) is 0. The van der Waals surface area contributed by atoms with Crippen molar-refractivity contribution in [2.24, 2.45) is 0 Å². The number of hydrogen-bond acceptors (Lipinski definition) is 2. The molecular formula is C14H14N2O2. The molecule has 0 saturated carbocycles. The second-order valence-electron chi connectivity index (χ2n) is 4.62. The van der Waals surface area contributed by atoms with Gasteiger partial charge in [0.25, 0.3) is 0 Å². The van der Waals surface area contributed by atoms with Gasteiger partial charge in [-0.1, -0.05) is 18.2 Å². The molecule has 0 fully saturated rings. The van der Waals surface area contributed by atoms with Gasteiger partial charge in [0, 0.05) is 5.56 Å². The lowest BCUT2D eigenvalue weighted by Gasteiger charge is -2.18. The molecule has 18 heavy (non-hydrogen) atoms. The van der Waals surface area contributed by atoms with Crippen LogP contribution in [0, 0.1) is 0 Å². The van der Waals surface area contributed by atoms with Gasteiger partial charge in [0.1, 0.15) is 5.69 Å². The van der Waals surface area contributed by atoms with Crippen molar-refractivity contribution >= 4 is 5.97 Å². The molecule has 0 spiro atoms. The molecule has 2 aromatic rings. The Morgan fingerprint density at radius 1 is 1.28 bits per heavy atom. The maximum atomic E-state index is 10.9. The van der Waals surface area contributed by atoms with Gasteiger partial charge in [0.2, 0.25) is 0 Å². The highest BCUT2D eigenvalue weighted by Crippen LogP contribution is 2.30. The van der Waals surface area contributed by atoms with E-state index in [4.69, 9.17) is 5.11 Å². The number of nitrogens with zero attached hydrogens (tertiary/aromatic N) is 1. The van der Waals surface area contributed by atoms with Crippen LogP contribution in [0.1, 0.15) is 34.5 Å². The molecule has 0 saturated heterocycles. The van der Waals surface area contributed by atoms with E-state index in [1.54, 1.807) is 6.07 Å². The van der Waals surface area contributed by atoms with Crippen LogP contribution in [-0.2, 0) is 12.8 Å². The molecule has 1 aromatic heterocycles. The molecule has 3 rings (SSSR count). The SMILES string of the molecule is O=C(O)c1cc(-c2cccc3c2CCCC3)n[nH]1. The second-order valence-corrected chi connectivity index (χ2v) is 4.62. The van der Waals surface area contributed by atoms with E-state index in [1.807, 2.05) is 12.1 Å². The third-order valence-corrected chi connectivity index (χ3v) is 3.48. The highest BCUT2D eigenvalue weighted by molar-refractivity contribution is 5.87. The first-order valence-corrected chi connectivity index (χ1v) is 6.15. The molecule has 0 aliphatic heterocycles. The number of aromatic carboxylic acids is 1. The molecular weight excluding hydrogens is 228 g/mol. The van der Waals surface area contributed by atoms with Gasteiger partial charge >= 0.3 is 5.97 Å². The van der Waals surface area contributed by atoms with Gasteiger partial charge in [-0.05, 0) is 42.9 Å². The van der Waals surface area contributed by atoms with E-state index in [0.29, 0.717) is 0 Å². The van der Waals surface area contributed by atoms with Crippen molar-refractivity contribution in [1.82, 2.24) is 10.2 Å². The minimum atomic E-state index is -0.974. The number of aryl methyl sites for hydroxylation is 1. The van der Waals surface area contributed by atoms with Crippen LogP contribution in [0.4, 0.5) is 0 Å². The normalized spacial score (nSPS) is 14.2. The minimum Gasteiger partial charge on any atom is -0.477 e. The third-order valence-electron chi connectivity index (χ3n) is 3.48. The summed E-state index contributed by atoms with van der Waals surface area (Å²) < 4.78 is 0. The van der Waals surface area contributed by atoms with Crippen molar-refractivity contribution in [1.29, 1.82) is 0 Å². The van der Waals surface area contributed by atoms with Gasteiger partial charge in [-0.15, -0.1) is 0 Å². The Labute approximate surface area is 105 Å². The van der Waals surface area contributed by atoms with Crippen LogP contribution in [-0.4, -0.2) is 21.3 Å². The zero-order chi connectivity index (χ0) is 12.5. The first kappa shape index (κ1) is 11.0. The number of fused-ring (bicyclic) bond motifs is 1. The Hall–Kier alpha value is -2.10. The lowest BCUT2D eigenvalue weighted by Crippen LogP contribution is -2.04. The fourth-order valence-electron chi connectivity index (χ4n) is 2.59. The maximum absolute atomic E-state index is 10.9. The number of carbonyl (C=O) groups is 1. The van der Waals surface area contributed by atoms with Crippen LogP contribution in [0.5, 0.6) is 0 Å². The Balaban J connectivity index is 2.08. The topological polar surface area (TPSA) is 66.0 Å². The summed E-state index contributed by atoms with van der Waals surface area (Å²) in [5.74, 6) is -0.974. The van der Waals surface area contributed by atoms with Crippen LogP contribution in [0.25, 0.3) is 11.3 Å². The van der Waals surface area contributed by atoms with Gasteiger partial charge in [0.05, 0.1) is 5.69 Å². The number of carboxylic acid groups (broad SMARTS) is 1. The quantitative estimate of drug-likeness (QED) is 0.850. The zero-order valence-corrected chi connectivity index (χ0v) is 9.94. The van der Waals surface area contributed by atoms with E-state index in [0.717, 1.165) is 24.1 Å². The van der Waals surface area contributed by atoms with Crippen LogP contribution in [0.2, 0.25) is 0 Å². The minimum absolute atomic E-state index is 0.137. The van der Waals surface area contributed by atoms with Gasteiger partial charge in [-0.25, -0.2) is 4.79 Å². The smallest absolute Gasteiger partial charge is 0.353 e. The van der Waals surface area contributed by atoms with Gasteiger partial charge in [-0.3, -0.25) is 5.10 Å². The van der Waals surface area contributed by atoms with Crippen molar-refractivity contribution in [2.45, 2.75) is 25.7 Å². The van der Waals surface area contributed by atoms with Crippen LogP contribution in [0.15, 0.2) is 24.3 Å². The molecule has 1 aliphatic carbocycles. The lowest BCUT2D eigenvalue weighted by atomic mass is 9.87. The molecule has 1 heterocycles. The number of benzene rings is 1. The largest absolute Gasteiger partial charge is 0.477 e. The summed E-state index contributed by atoms with van der Waals surface area (Å²) in [5.41, 5.74) is 4.63. The van der Waals surface area contributed by atoms with Crippen molar-refractivity contribution in [3.63, 3.8) is 0 Å². The Morgan fingerprint density at radius 3 is 2.89 bits per heavy atom. The van der Waals surface area contributed by atoms with E-state index in [1.165, 1.54) is 24.0 Å². The maximum Gasteiger partial charge on any atom is 0.353 e. The van der Waals surface area contributed by atoms with Crippen LogP contribution < -0.4 is 0 Å². The first-order chi connectivity index (χ1) is 8.75. The van der Waals surface area contributed by atoms with Crippen molar-refractivity contribution in [3.05, 3.63) is 41.1 Å². The lowest BCUT2D eigenvalue weighted by molar-refractivity contribution is 0.0690. The van der Waals surface area contributed by atoms with Crippen LogP contribution >= 0.6 is 0 Å². The molecule has 1 aromatic carbocycles. The molecule has 0 atom stereocenters. The Bertz CT molecular complexity index is 602. The predicted octanol–water partition coefficient (Wildman–Crippen LogP) is 2.65. The highest BCUT2D eigenvalue weighted by Gasteiger charge is 2.16. The highest BCUT2D eigenvalue weighted by atomic mass is 16.4. The first-order valence-electron chi connectivity index (χ1n) is 6.15. The molecule has 92 valence electrons. The number of aromatic amines is 1. The molecule has 2 N–H and O–H groups in total. The fourth-order valence-corrected chi connectivity index (χ4v) is 2.59. The average Bonchev–Trinajstić information content (AvgIpc) is 2.87. The fraction of sp³-hybridized carbons (Fsp3) is 0.286. The van der Waals surface area contributed by atoms with Gasteiger partial charge in [0.15, 0.2) is 0 Å². The molecule has 0 amide bonds. The van der Waals surface area contributed by atoms with Gasteiger partial charge < -0.3 is 5.11 Å². The molecule has 1 aliphatic rings. The number of hydrogen-bond donors (Lipinski definition) is 2. The van der Waals surface area contributed by atoms with Crippen molar-refractivity contribution in [2.75, 3.05) is 0 Å². The number of rotatable bonds is 2. The predicted molar refractivity (Wildman–Crippen MR) is 67.6 cm³/mol. The third kappa shape index (κ3) is 1.79. The molecule has 0 unspecified atom stereocenters. The van der Waals surface area contributed by atoms with E-state index in [9.17, 15) is 4.79 Å². The van der Waals surface area contributed by atoms with E-state index >= 15 is 0 Å². The number of nitrogens with one attached hydrogen (secondary N) is 1. The summed E-state index contributed by atoms with van der Waals surface area (Å²) in [4.78, 5) is 10.9. The summed E-state index contributed by atoms with van der Waals surface area (Å²) in [6, 6.07) is 7.80. The molecule has 0 bridgehead atoms. The number of aromatic nitrogens is 2. The van der Waals surface area contributed by atoms with Crippen LogP contribution in [0.3, 0.4) is 0 Å². The standard InChI is InChI=1S/C14H14N2O2/c17-14(18)13-8-12(15-16-13)11-7-3-5-9-4-1-2-6-10(9)11/h3,5,7-8H,1-2,4,6H2,(H,15,16)(H,17,18). The summed E-state index contributed by atoms with van der Waals surface area (Å²) in [7, 11) is 0. The number of H-pyrrole nitrogens is 1. The summed E-state index contributed by atoms with van der Waals surface area (Å²) in [6.07, 6.45) is 4.60. The second kappa shape index (κ2) is 4.29. The monoisotopic (exact) mass is 242 g/mol. The van der Waals surface area contributed by atoms with Gasteiger partial charge in [-0.2, -0.15) is 5.10 Å². The Kier molecular flexibility index (Phi) is 2.63. The number of carboxylic acids is 1. The summed E-state index contributed by atoms with van der Waals surface area (Å²) >= 11 is 0. The van der Waals surface area contributed by atoms with Crippen molar-refractivity contribution < 1.29 is 9.90 Å².